The van der Waals surface area contributed by atoms with E-state index in [1.54, 1.807) is 0 Å². The minimum Gasteiger partial charge on any atom is -0.481 e. The number of carboxylic acids is 1. The number of hydrogen-bond donors (Lipinski definition) is 2. The van der Waals surface area contributed by atoms with Gasteiger partial charge in [-0.05, 0) is 51.4 Å². The number of aliphatic carboxylic acids is 1. The van der Waals surface area contributed by atoms with E-state index in [0.717, 1.165) is 44.9 Å². The number of hydrogen-bond acceptors (Lipinski definition) is 3. The zero-order valence-electron chi connectivity index (χ0n) is 13.6. The fourth-order valence-electron chi connectivity index (χ4n) is 2.63. The average Bonchev–Trinajstić information content (AvgIpc) is 2.97. The molecule has 0 aromatic carbocycles. The molecule has 1 aliphatic heterocycles. The number of carboxylic acid groups (broad SMARTS) is 1. The highest BCUT2D eigenvalue weighted by molar-refractivity contribution is 5.66. The molecule has 4 heteroatoms. The summed E-state index contributed by atoms with van der Waals surface area (Å²) in [5, 5.41) is 18.6. The average molecular weight is 310 g/mol. The van der Waals surface area contributed by atoms with Crippen LogP contribution in [0.4, 0.5) is 0 Å². The zero-order chi connectivity index (χ0) is 16.2. The quantitative estimate of drug-likeness (QED) is 0.449. The Kier molecular flexibility index (Phi) is 9.84. The third-order valence-corrected chi connectivity index (χ3v) is 4.02. The van der Waals surface area contributed by atoms with Crippen molar-refractivity contribution in [2.45, 2.75) is 83.0 Å². The Morgan fingerprint density at radius 2 is 2.00 bits per heavy atom. The second-order valence-corrected chi connectivity index (χ2v) is 5.90. The predicted octanol–water partition coefficient (Wildman–Crippen LogP) is 3.84. The lowest BCUT2D eigenvalue weighted by molar-refractivity contribution is -0.137. The Balaban J connectivity index is 2.02. The van der Waals surface area contributed by atoms with Crippen LogP contribution < -0.4 is 0 Å². The molecular weight excluding hydrogens is 280 g/mol. The van der Waals surface area contributed by atoms with E-state index in [0.29, 0.717) is 12.5 Å². The first kappa shape index (κ1) is 18.9. The van der Waals surface area contributed by atoms with Crippen molar-refractivity contribution in [1.82, 2.24) is 0 Å². The summed E-state index contributed by atoms with van der Waals surface area (Å²) < 4.78 is 5.78. The van der Waals surface area contributed by atoms with Crippen molar-refractivity contribution < 1.29 is 19.7 Å². The molecule has 0 amide bonds. The lowest BCUT2D eigenvalue weighted by Crippen LogP contribution is -2.25. The Morgan fingerprint density at radius 1 is 1.23 bits per heavy atom. The molecule has 0 saturated carbocycles. The van der Waals surface area contributed by atoms with E-state index < -0.39 is 12.1 Å². The van der Waals surface area contributed by atoms with E-state index in [4.69, 9.17) is 9.84 Å². The zero-order valence-corrected chi connectivity index (χ0v) is 13.6. The third kappa shape index (κ3) is 8.35. The summed E-state index contributed by atoms with van der Waals surface area (Å²) in [7, 11) is 0. The lowest BCUT2D eigenvalue weighted by Gasteiger charge is -2.17. The molecule has 1 aliphatic rings. The molecule has 4 nitrogen and oxygen atoms in total. The molecule has 1 fully saturated rings. The van der Waals surface area contributed by atoms with Crippen LogP contribution in [0.5, 0.6) is 0 Å². The van der Waals surface area contributed by atoms with Gasteiger partial charge in [0.1, 0.15) is 0 Å². The van der Waals surface area contributed by atoms with Crippen molar-refractivity contribution in [3.05, 3.63) is 24.3 Å². The Morgan fingerprint density at radius 3 is 2.68 bits per heavy atom. The van der Waals surface area contributed by atoms with Gasteiger partial charge in [0, 0.05) is 6.42 Å². The maximum atomic E-state index is 10.3. The van der Waals surface area contributed by atoms with Gasteiger partial charge in [-0.3, -0.25) is 4.79 Å². The van der Waals surface area contributed by atoms with Gasteiger partial charge in [-0.2, -0.15) is 0 Å². The monoisotopic (exact) mass is 310 g/mol. The number of rotatable bonds is 11. The van der Waals surface area contributed by atoms with Crippen molar-refractivity contribution in [3.8, 4) is 0 Å². The molecule has 1 saturated heterocycles. The van der Waals surface area contributed by atoms with E-state index in [9.17, 15) is 9.90 Å². The molecule has 0 radical (unpaired) electrons. The summed E-state index contributed by atoms with van der Waals surface area (Å²) in [5.41, 5.74) is 0. The molecule has 0 bridgehead atoms. The molecule has 1 heterocycles. The van der Waals surface area contributed by atoms with Crippen molar-refractivity contribution in [2.24, 2.45) is 0 Å². The molecule has 0 aromatic rings. The van der Waals surface area contributed by atoms with Gasteiger partial charge < -0.3 is 14.9 Å². The molecule has 1 rings (SSSR count). The lowest BCUT2D eigenvalue weighted by atomic mass is 10.1. The summed E-state index contributed by atoms with van der Waals surface area (Å²) in [6.45, 7) is 2.12. The van der Waals surface area contributed by atoms with Crippen molar-refractivity contribution in [1.29, 1.82) is 0 Å². The van der Waals surface area contributed by atoms with Gasteiger partial charge in [0.2, 0.25) is 0 Å². The van der Waals surface area contributed by atoms with Crippen molar-refractivity contribution in [2.75, 3.05) is 0 Å². The van der Waals surface area contributed by atoms with Crippen LogP contribution in [0.2, 0.25) is 0 Å². The topological polar surface area (TPSA) is 66.8 Å². The molecule has 22 heavy (non-hydrogen) atoms. The number of ether oxygens (including phenoxy) is 1. The highest BCUT2D eigenvalue weighted by atomic mass is 16.5. The van der Waals surface area contributed by atoms with E-state index >= 15 is 0 Å². The van der Waals surface area contributed by atoms with Crippen LogP contribution >= 0.6 is 0 Å². The SMILES string of the molecule is CCC1CCC(C(O)CC=CCC=CCCCCC(=O)O)O1. The van der Waals surface area contributed by atoms with E-state index in [-0.39, 0.29) is 12.5 Å². The molecule has 2 N–H and O–H groups in total. The molecule has 0 aromatic heterocycles. The first-order valence-corrected chi connectivity index (χ1v) is 8.48. The largest absolute Gasteiger partial charge is 0.481 e. The van der Waals surface area contributed by atoms with Crippen LogP contribution in [0.15, 0.2) is 24.3 Å². The van der Waals surface area contributed by atoms with E-state index in [1.807, 2.05) is 6.08 Å². The molecule has 3 unspecified atom stereocenters. The van der Waals surface area contributed by atoms with Crippen LogP contribution in [0, 0.1) is 0 Å². The van der Waals surface area contributed by atoms with Crippen molar-refractivity contribution in [3.63, 3.8) is 0 Å². The maximum absolute atomic E-state index is 10.3. The fraction of sp³-hybridized carbons (Fsp3) is 0.722. The normalized spacial score (nSPS) is 23.5. The summed E-state index contributed by atoms with van der Waals surface area (Å²) in [6, 6.07) is 0. The van der Waals surface area contributed by atoms with Gasteiger partial charge in [-0.15, -0.1) is 0 Å². The van der Waals surface area contributed by atoms with Crippen LogP contribution in [-0.4, -0.2) is 34.5 Å². The highest BCUT2D eigenvalue weighted by Crippen LogP contribution is 2.25. The Labute approximate surface area is 133 Å². The van der Waals surface area contributed by atoms with Gasteiger partial charge in [-0.25, -0.2) is 0 Å². The number of aliphatic hydroxyl groups excluding tert-OH is 1. The van der Waals surface area contributed by atoms with Crippen LogP contribution in [0.25, 0.3) is 0 Å². The predicted molar refractivity (Wildman–Crippen MR) is 87.8 cm³/mol. The number of aliphatic hydroxyl groups is 1. The molecule has 3 atom stereocenters. The maximum Gasteiger partial charge on any atom is 0.303 e. The smallest absolute Gasteiger partial charge is 0.303 e. The van der Waals surface area contributed by atoms with E-state index in [1.165, 1.54) is 0 Å². The van der Waals surface area contributed by atoms with Crippen molar-refractivity contribution >= 4 is 5.97 Å². The fourth-order valence-corrected chi connectivity index (χ4v) is 2.63. The standard InChI is InChI=1S/C18H30O4/c1-2-15-13-14-17(22-15)16(19)11-9-7-5-3-4-6-8-10-12-18(20)21/h3-4,7,9,15-17,19H,2,5-6,8,10-14H2,1H3,(H,20,21). The first-order valence-electron chi connectivity index (χ1n) is 8.48. The van der Waals surface area contributed by atoms with Crippen LogP contribution in [0.3, 0.4) is 0 Å². The Hall–Kier alpha value is -1.13. The second kappa shape index (κ2) is 11.4. The van der Waals surface area contributed by atoms with Gasteiger partial charge in [0.25, 0.3) is 0 Å². The third-order valence-electron chi connectivity index (χ3n) is 4.02. The number of allylic oxidation sites excluding steroid dienone is 3. The van der Waals surface area contributed by atoms with Crippen LogP contribution in [-0.2, 0) is 9.53 Å². The molecular formula is C18H30O4. The number of carbonyl (C=O) groups is 1. The van der Waals surface area contributed by atoms with Gasteiger partial charge in [0.05, 0.1) is 18.3 Å². The highest BCUT2D eigenvalue weighted by Gasteiger charge is 2.28. The molecule has 0 spiro atoms. The molecule has 0 aliphatic carbocycles. The summed E-state index contributed by atoms with van der Waals surface area (Å²) in [4.78, 5) is 10.3. The van der Waals surface area contributed by atoms with E-state index in [2.05, 4.69) is 25.2 Å². The Bertz CT molecular complexity index is 362. The summed E-state index contributed by atoms with van der Waals surface area (Å²) in [5.74, 6) is -0.720. The summed E-state index contributed by atoms with van der Waals surface area (Å²) in [6.07, 6.45) is 15.6. The van der Waals surface area contributed by atoms with Gasteiger partial charge in [0.15, 0.2) is 0 Å². The molecule has 126 valence electrons. The number of unbranched alkanes of at least 4 members (excludes halogenated alkanes) is 2. The second-order valence-electron chi connectivity index (χ2n) is 5.90. The van der Waals surface area contributed by atoms with Gasteiger partial charge >= 0.3 is 5.97 Å². The minimum absolute atomic E-state index is 0.000577. The minimum atomic E-state index is -0.720. The first-order chi connectivity index (χ1) is 10.6. The van der Waals surface area contributed by atoms with Crippen LogP contribution in [0.1, 0.15) is 64.7 Å². The summed E-state index contributed by atoms with van der Waals surface area (Å²) >= 11 is 0. The van der Waals surface area contributed by atoms with Gasteiger partial charge in [-0.1, -0.05) is 31.2 Å².